The van der Waals surface area contributed by atoms with E-state index in [1.807, 2.05) is 6.07 Å². The first kappa shape index (κ1) is 24.5. The largest absolute Gasteiger partial charge is 0.480 e. The zero-order chi connectivity index (χ0) is 23.8. The summed E-state index contributed by atoms with van der Waals surface area (Å²) in [6.07, 6.45) is 2.21. The van der Waals surface area contributed by atoms with Gasteiger partial charge in [-0.05, 0) is 64.6 Å². The summed E-state index contributed by atoms with van der Waals surface area (Å²) in [5, 5.41) is 8.78. The third-order valence-corrected chi connectivity index (χ3v) is 5.65. The van der Waals surface area contributed by atoms with Crippen molar-refractivity contribution in [3.05, 3.63) is 68.2 Å². The number of amides is 1. The van der Waals surface area contributed by atoms with E-state index in [1.165, 1.54) is 29.7 Å². The van der Waals surface area contributed by atoms with Crippen LogP contribution in [0.2, 0.25) is 0 Å². The number of nitrogens with one attached hydrogen (secondary N) is 2. The Labute approximate surface area is 205 Å². The summed E-state index contributed by atoms with van der Waals surface area (Å²) in [5.74, 6) is 2.67. The highest BCUT2D eigenvalue weighted by Crippen LogP contribution is 2.31. The van der Waals surface area contributed by atoms with Crippen molar-refractivity contribution in [1.29, 1.82) is 0 Å². The second-order valence-corrected chi connectivity index (χ2v) is 8.52. The summed E-state index contributed by atoms with van der Waals surface area (Å²) >= 11 is 3.29. The van der Waals surface area contributed by atoms with Gasteiger partial charge in [0.05, 0.1) is 27.5 Å². The van der Waals surface area contributed by atoms with E-state index in [2.05, 4.69) is 49.3 Å². The number of rotatable bonds is 8. The summed E-state index contributed by atoms with van der Waals surface area (Å²) in [4.78, 5) is 16.4. The second-order valence-electron chi connectivity index (χ2n) is 6.50. The molecule has 0 saturated carbocycles. The number of carbonyl (C=O) groups is 1. The molecule has 3 rings (SSSR count). The lowest BCUT2D eigenvalue weighted by atomic mass is 10.2. The molecule has 0 fully saturated rings. The summed E-state index contributed by atoms with van der Waals surface area (Å²) in [6.45, 7) is 0.174. The maximum absolute atomic E-state index is 12.8. The van der Waals surface area contributed by atoms with Crippen molar-refractivity contribution >= 4 is 56.9 Å². The van der Waals surface area contributed by atoms with Crippen LogP contribution in [0.5, 0.6) is 5.75 Å². The molecule has 11 heteroatoms. The van der Waals surface area contributed by atoms with Crippen LogP contribution in [-0.4, -0.2) is 23.7 Å². The Morgan fingerprint density at radius 2 is 2.12 bits per heavy atom. The lowest BCUT2D eigenvalue weighted by molar-refractivity contribution is -0.137. The molecule has 2 N–H and O–H groups in total. The fourth-order valence-electron chi connectivity index (χ4n) is 2.56. The highest BCUT2D eigenvalue weighted by atomic mass is 127. The predicted octanol–water partition coefficient (Wildman–Crippen LogP) is 5.21. The van der Waals surface area contributed by atoms with Gasteiger partial charge in [0.1, 0.15) is 12.4 Å². The number of thiazole rings is 1. The fourth-order valence-corrected chi connectivity index (χ4v) is 3.98. The average molecular weight is 584 g/mol. The van der Waals surface area contributed by atoms with Gasteiger partial charge in [-0.25, -0.2) is 10.4 Å². The number of aromatic nitrogens is 1. The van der Waals surface area contributed by atoms with Crippen molar-refractivity contribution in [1.82, 2.24) is 10.4 Å². The zero-order valence-corrected chi connectivity index (χ0v) is 19.8. The average Bonchev–Trinajstić information content (AvgIpc) is 3.19. The maximum Gasteiger partial charge on any atom is 0.416 e. The van der Waals surface area contributed by atoms with Gasteiger partial charge in [-0.15, -0.1) is 17.8 Å². The number of hydrogen-bond donors (Lipinski definition) is 2. The molecule has 0 aliphatic carbocycles. The molecule has 0 unspecified atom stereocenters. The van der Waals surface area contributed by atoms with Crippen LogP contribution in [0, 0.1) is 15.9 Å². The quantitative estimate of drug-likeness (QED) is 0.165. The number of hydrazone groups is 1. The minimum absolute atomic E-state index is 0.0332. The van der Waals surface area contributed by atoms with Crippen LogP contribution in [0.3, 0.4) is 0 Å². The highest BCUT2D eigenvalue weighted by molar-refractivity contribution is 14.1. The Bertz CT molecular complexity index is 1200. The van der Waals surface area contributed by atoms with E-state index in [0.29, 0.717) is 16.6 Å². The number of hydrogen-bond acceptors (Lipinski definition) is 6. The number of ether oxygens (including phenoxy) is 1. The van der Waals surface area contributed by atoms with E-state index in [0.717, 1.165) is 21.3 Å². The maximum atomic E-state index is 12.8. The van der Waals surface area contributed by atoms with Crippen molar-refractivity contribution < 1.29 is 22.7 Å². The molecule has 0 saturated heterocycles. The first-order valence-electron chi connectivity index (χ1n) is 9.31. The summed E-state index contributed by atoms with van der Waals surface area (Å²) in [7, 11) is 0. The van der Waals surface area contributed by atoms with Gasteiger partial charge in [-0.1, -0.05) is 12.0 Å². The van der Waals surface area contributed by atoms with Crippen LogP contribution in [0.25, 0.3) is 0 Å². The Morgan fingerprint density at radius 1 is 1.30 bits per heavy atom. The minimum atomic E-state index is -4.43. The van der Waals surface area contributed by atoms with Crippen molar-refractivity contribution in [2.75, 3.05) is 11.9 Å². The van der Waals surface area contributed by atoms with Crippen LogP contribution in [0.15, 0.2) is 52.9 Å². The lowest BCUT2D eigenvalue weighted by Gasteiger charge is -2.08. The van der Waals surface area contributed by atoms with Crippen LogP contribution < -0.4 is 15.5 Å². The molecule has 3 aromatic rings. The first-order chi connectivity index (χ1) is 15.7. The first-order valence-corrected chi connectivity index (χ1v) is 11.3. The summed E-state index contributed by atoms with van der Waals surface area (Å²) in [5.41, 5.74) is 3.14. The Morgan fingerprint density at radius 3 is 2.85 bits per heavy atom. The van der Waals surface area contributed by atoms with Crippen molar-refractivity contribution in [2.45, 2.75) is 12.6 Å². The molecule has 0 spiro atoms. The fraction of sp³-hybridized carbons (Fsp3) is 0.136. The number of alkyl halides is 3. The molecule has 0 atom stereocenters. The molecular formula is C22H16F3IN4O2S. The molecular weight excluding hydrogens is 568 g/mol. The smallest absolute Gasteiger partial charge is 0.416 e. The monoisotopic (exact) mass is 584 g/mol. The third kappa shape index (κ3) is 7.47. The number of benzene rings is 2. The minimum Gasteiger partial charge on any atom is -0.480 e. The molecule has 6 nitrogen and oxygen atoms in total. The van der Waals surface area contributed by atoms with E-state index in [9.17, 15) is 18.0 Å². The number of terminal acetylenes is 1. The van der Waals surface area contributed by atoms with E-state index >= 15 is 0 Å². The molecule has 1 heterocycles. The summed E-state index contributed by atoms with van der Waals surface area (Å²) in [6, 6.07) is 10.2. The molecule has 0 radical (unpaired) electrons. The molecule has 170 valence electrons. The van der Waals surface area contributed by atoms with Crippen molar-refractivity contribution in [3.63, 3.8) is 0 Å². The van der Waals surface area contributed by atoms with Gasteiger partial charge in [0, 0.05) is 11.1 Å². The van der Waals surface area contributed by atoms with Gasteiger partial charge in [0.25, 0.3) is 0 Å². The number of halogens is 4. The van der Waals surface area contributed by atoms with Crippen LogP contribution in [0.1, 0.15) is 16.8 Å². The van der Waals surface area contributed by atoms with Gasteiger partial charge in [0.15, 0.2) is 5.13 Å². The lowest BCUT2D eigenvalue weighted by Crippen LogP contribution is -2.19. The molecule has 1 amide bonds. The van der Waals surface area contributed by atoms with E-state index in [1.54, 1.807) is 17.5 Å². The number of anilines is 2. The van der Waals surface area contributed by atoms with Crippen LogP contribution >= 0.6 is 33.9 Å². The topological polar surface area (TPSA) is 75.6 Å². The number of carbonyl (C=O) groups excluding carboxylic acids is 1. The second kappa shape index (κ2) is 11.2. The van der Waals surface area contributed by atoms with Crippen molar-refractivity contribution in [3.8, 4) is 18.1 Å². The summed E-state index contributed by atoms with van der Waals surface area (Å²) < 4.78 is 44.8. The van der Waals surface area contributed by atoms with E-state index in [-0.39, 0.29) is 24.6 Å². The Kier molecular flexibility index (Phi) is 8.29. The van der Waals surface area contributed by atoms with Gasteiger partial charge in [0.2, 0.25) is 5.91 Å². The highest BCUT2D eigenvalue weighted by Gasteiger charge is 2.30. The number of nitrogens with zero attached hydrogens (tertiary/aromatic N) is 2. The van der Waals surface area contributed by atoms with E-state index < -0.39 is 11.7 Å². The Hall–Kier alpha value is -3.11. The van der Waals surface area contributed by atoms with Gasteiger partial charge >= 0.3 is 6.18 Å². The predicted molar refractivity (Wildman–Crippen MR) is 130 cm³/mol. The molecule has 0 bridgehead atoms. The molecule has 0 aliphatic rings. The van der Waals surface area contributed by atoms with E-state index in [4.69, 9.17) is 11.2 Å². The third-order valence-electron chi connectivity index (χ3n) is 4.00. The van der Waals surface area contributed by atoms with Crippen molar-refractivity contribution in [2.24, 2.45) is 5.10 Å². The van der Waals surface area contributed by atoms with Gasteiger partial charge in [-0.2, -0.15) is 18.3 Å². The SMILES string of the molecule is C#CCOc1ccc(/C=N\NC(=O)Cc2csc(Nc3cccc(C(F)(F)F)c3)n2)cc1I. The molecule has 33 heavy (non-hydrogen) atoms. The molecule has 0 aliphatic heterocycles. The van der Waals surface area contributed by atoms with Gasteiger partial charge < -0.3 is 10.1 Å². The molecule has 2 aromatic carbocycles. The van der Waals surface area contributed by atoms with Crippen LogP contribution in [0.4, 0.5) is 24.0 Å². The zero-order valence-electron chi connectivity index (χ0n) is 16.8. The normalized spacial score (nSPS) is 11.2. The van der Waals surface area contributed by atoms with Gasteiger partial charge in [-0.3, -0.25) is 4.79 Å². The Balaban J connectivity index is 1.53. The molecule has 1 aromatic heterocycles. The standard InChI is InChI=1S/C22H16F3IN4O2S/c1-2-8-32-19-7-6-14(9-18(19)26)12-27-30-20(31)11-17-13-33-21(29-17)28-16-5-3-4-15(10-16)22(23,24)25/h1,3-7,9-10,12-13H,8,11H2,(H,28,29)(H,30,31)/b27-12-. The van der Waals surface area contributed by atoms with Crippen LogP contribution in [-0.2, 0) is 17.4 Å².